The molecule has 2 N–H and O–H groups in total. The first-order chi connectivity index (χ1) is 16.8. The number of rotatable bonds is 0. The van der Waals surface area contributed by atoms with E-state index in [9.17, 15) is 19.8 Å². The van der Waals surface area contributed by atoms with Crippen molar-refractivity contribution in [2.45, 2.75) is 90.6 Å². The number of allylic oxidation sites excluding steroid dienone is 2. The lowest BCUT2D eigenvalue weighted by molar-refractivity contribution is -0.153. The van der Waals surface area contributed by atoms with Gasteiger partial charge in [-0.1, -0.05) is 31.1 Å². The Morgan fingerprint density at radius 1 is 0.889 bits per heavy atom. The number of fused-ring (bicyclic) bond motifs is 7. The lowest BCUT2D eigenvalue weighted by Crippen LogP contribution is -2.51. The van der Waals surface area contributed by atoms with Crippen LogP contribution < -0.4 is 0 Å². The zero-order valence-corrected chi connectivity index (χ0v) is 22.3. The van der Waals surface area contributed by atoms with Crippen LogP contribution in [0.25, 0.3) is 0 Å². The molecule has 7 aliphatic rings. The second-order valence-electron chi connectivity index (χ2n) is 13.9. The van der Waals surface area contributed by atoms with E-state index in [-0.39, 0.29) is 77.4 Å². The van der Waals surface area contributed by atoms with E-state index in [0.29, 0.717) is 12.8 Å². The first-order valence-electron chi connectivity index (χ1n) is 14.1. The number of hydrogen-bond donors (Lipinski definition) is 2. The Hall–Kier alpha value is -1.66. The molecule has 5 fully saturated rings. The maximum atomic E-state index is 13.0. The van der Waals surface area contributed by atoms with Gasteiger partial charge in [0.2, 0.25) is 0 Å². The van der Waals surface area contributed by atoms with Crippen molar-refractivity contribution in [2.24, 2.45) is 58.7 Å². The quantitative estimate of drug-likeness (QED) is 0.391. The van der Waals surface area contributed by atoms with Gasteiger partial charge in [-0.25, -0.2) is 0 Å². The smallest absolute Gasteiger partial charge is 0.309 e. The maximum absolute atomic E-state index is 13.0. The summed E-state index contributed by atoms with van der Waals surface area (Å²) in [6.45, 7) is 12.2. The lowest BCUT2D eigenvalue weighted by atomic mass is 9.58. The largest absolute Gasteiger partial charge is 0.461 e. The van der Waals surface area contributed by atoms with E-state index in [1.165, 1.54) is 11.1 Å². The van der Waals surface area contributed by atoms with Gasteiger partial charge in [-0.05, 0) is 76.7 Å². The van der Waals surface area contributed by atoms with Gasteiger partial charge in [-0.2, -0.15) is 0 Å². The third-order valence-corrected chi connectivity index (χ3v) is 12.4. The number of carbonyl (C=O) groups is 2. The molecule has 3 saturated carbocycles. The first kappa shape index (κ1) is 23.5. The topological polar surface area (TPSA) is 93.1 Å². The molecule has 14 atom stereocenters. The zero-order chi connectivity index (χ0) is 25.7. The van der Waals surface area contributed by atoms with Crippen LogP contribution >= 0.6 is 0 Å². The average Bonchev–Trinajstić information content (AvgIpc) is 3.49. The van der Waals surface area contributed by atoms with E-state index in [1.54, 1.807) is 0 Å². The van der Waals surface area contributed by atoms with Crippen molar-refractivity contribution in [1.29, 1.82) is 0 Å². The third-order valence-electron chi connectivity index (χ3n) is 12.4. The fraction of sp³-hybridized carbons (Fsp3) is 0.800. The van der Waals surface area contributed by atoms with Gasteiger partial charge in [-0.15, -0.1) is 0 Å². The van der Waals surface area contributed by atoms with E-state index in [0.717, 1.165) is 18.4 Å². The minimum absolute atomic E-state index is 0.0486. The fourth-order valence-corrected chi connectivity index (χ4v) is 11.0. The highest BCUT2D eigenvalue weighted by atomic mass is 16.6. The molecule has 0 aromatic heterocycles. The number of ether oxygens (including phenoxy) is 2. The minimum atomic E-state index is -0.931. The van der Waals surface area contributed by atoms with Crippen molar-refractivity contribution in [3.8, 4) is 0 Å². The van der Waals surface area contributed by atoms with Gasteiger partial charge in [0.1, 0.15) is 12.2 Å². The highest BCUT2D eigenvalue weighted by Crippen LogP contribution is 2.78. The molecule has 196 valence electrons. The van der Waals surface area contributed by atoms with Crippen LogP contribution in [0.3, 0.4) is 0 Å². The molecule has 0 amide bonds. The minimum Gasteiger partial charge on any atom is -0.461 e. The van der Waals surface area contributed by atoms with Gasteiger partial charge in [-0.3, -0.25) is 9.59 Å². The summed E-state index contributed by atoms with van der Waals surface area (Å²) >= 11 is 0. The highest BCUT2D eigenvalue weighted by Gasteiger charge is 2.78. The summed E-state index contributed by atoms with van der Waals surface area (Å²) in [5.41, 5.74) is 1.23. The Bertz CT molecular complexity index is 1130. The van der Waals surface area contributed by atoms with Crippen molar-refractivity contribution in [1.82, 2.24) is 0 Å². The molecule has 0 aromatic rings. The molecule has 6 nitrogen and oxygen atoms in total. The van der Waals surface area contributed by atoms with Gasteiger partial charge in [0.25, 0.3) is 0 Å². The molecule has 5 unspecified atom stereocenters. The summed E-state index contributed by atoms with van der Waals surface area (Å²) < 4.78 is 12.4. The molecule has 7 rings (SSSR count). The summed E-state index contributed by atoms with van der Waals surface area (Å²) in [5, 5.41) is 24.1. The zero-order valence-electron chi connectivity index (χ0n) is 22.3. The van der Waals surface area contributed by atoms with Gasteiger partial charge in [0.05, 0.1) is 23.0 Å². The molecule has 0 radical (unpaired) electrons. The molecule has 0 spiro atoms. The molecule has 2 heterocycles. The van der Waals surface area contributed by atoms with Crippen LogP contribution in [-0.2, 0) is 19.1 Å². The molecule has 2 bridgehead atoms. The van der Waals surface area contributed by atoms with Gasteiger partial charge >= 0.3 is 11.9 Å². The second kappa shape index (κ2) is 6.85. The standard InChI is InChI=1S/C30H40O6/c1-12-11-18-20-21(30(12)24(18)29(6,34)10-8-17-14(3)27(32)36-25(17)30)15(4)19-22(20)28(5,33)9-7-16-13(2)26(31)35-23(16)19/h11,13-14,16-18,20-25,33-34H,7-10H2,1-6H3/t13-,14-,16?,17-,18+,20?,21?,22-,23-,24?,25?,28-,29-,30+/m0/s1. The predicted octanol–water partition coefficient (Wildman–Crippen LogP) is 3.80. The van der Waals surface area contributed by atoms with Crippen LogP contribution in [0.2, 0.25) is 0 Å². The van der Waals surface area contributed by atoms with Crippen LogP contribution in [0.4, 0.5) is 0 Å². The summed E-state index contributed by atoms with van der Waals surface area (Å²) in [5.74, 6) is -0.460. The fourth-order valence-electron chi connectivity index (χ4n) is 11.0. The number of hydrogen-bond acceptors (Lipinski definition) is 6. The molecule has 2 aliphatic heterocycles. The number of carbonyl (C=O) groups excluding carboxylic acids is 2. The van der Waals surface area contributed by atoms with Gasteiger partial charge in [0, 0.05) is 29.1 Å². The molecule has 36 heavy (non-hydrogen) atoms. The van der Waals surface area contributed by atoms with Crippen molar-refractivity contribution in [3.63, 3.8) is 0 Å². The van der Waals surface area contributed by atoms with E-state index >= 15 is 0 Å². The monoisotopic (exact) mass is 496 g/mol. The van der Waals surface area contributed by atoms with Crippen LogP contribution in [-0.4, -0.2) is 45.6 Å². The van der Waals surface area contributed by atoms with Crippen LogP contribution in [0.1, 0.15) is 67.2 Å². The Morgan fingerprint density at radius 3 is 2.22 bits per heavy atom. The predicted molar refractivity (Wildman–Crippen MR) is 131 cm³/mol. The summed E-state index contributed by atoms with van der Waals surface area (Å²) in [4.78, 5) is 25.7. The molecule has 6 heteroatoms. The van der Waals surface area contributed by atoms with Crippen molar-refractivity contribution < 1.29 is 29.3 Å². The molecular weight excluding hydrogens is 456 g/mol. The third kappa shape index (κ3) is 2.43. The summed E-state index contributed by atoms with van der Waals surface area (Å²) in [7, 11) is 0. The Labute approximate surface area is 213 Å². The van der Waals surface area contributed by atoms with Crippen LogP contribution in [0.15, 0.2) is 22.8 Å². The molecular formula is C30H40O6. The number of esters is 2. The normalized spacial score (nSPS) is 58.8. The highest BCUT2D eigenvalue weighted by molar-refractivity contribution is 5.76. The summed E-state index contributed by atoms with van der Waals surface area (Å²) in [6.07, 6.45) is 4.59. The SMILES string of the molecule is CC1=C[C@@H]2C3C(C(C)=C4[C@H]5OC(=O)[C@@H](C)C5CC[C@](C)(O)[C@@H]43)[C@]13C1OC(=O)[C@@H](C)[C@@H]1CC[C@](C)(O)C23. The van der Waals surface area contributed by atoms with Crippen molar-refractivity contribution in [2.75, 3.05) is 0 Å². The summed E-state index contributed by atoms with van der Waals surface area (Å²) in [6, 6.07) is 0. The van der Waals surface area contributed by atoms with Crippen molar-refractivity contribution in [3.05, 3.63) is 22.8 Å². The van der Waals surface area contributed by atoms with Crippen molar-refractivity contribution >= 4 is 11.9 Å². The van der Waals surface area contributed by atoms with Crippen LogP contribution in [0.5, 0.6) is 0 Å². The van der Waals surface area contributed by atoms with E-state index in [2.05, 4.69) is 19.9 Å². The van der Waals surface area contributed by atoms with Crippen LogP contribution in [0, 0.1) is 58.7 Å². The molecule has 0 aromatic carbocycles. The Kier molecular flexibility index (Phi) is 4.46. The number of aliphatic hydroxyl groups is 2. The van der Waals surface area contributed by atoms with E-state index in [4.69, 9.17) is 9.47 Å². The maximum Gasteiger partial charge on any atom is 0.309 e. The van der Waals surface area contributed by atoms with E-state index in [1.807, 2.05) is 27.7 Å². The Morgan fingerprint density at radius 2 is 1.50 bits per heavy atom. The lowest BCUT2D eigenvalue weighted by Gasteiger charge is -2.47. The molecule has 2 saturated heterocycles. The average molecular weight is 497 g/mol. The second-order valence-corrected chi connectivity index (χ2v) is 13.9. The van der Waals surface area contributed by atoms with Gasteiger partial charge < -0.3 is 19.7 Å². The van der Waals surface area contributed by atoms with E-state index < -0.39 is 16.6 Å². The Balaban J connectivity index is 1.47. The first-order valence-corrected chi connectivity index (χ1v) is 14.1. The molecule has 5 aliphatic carbocycles. The van der Waals surface area contributed by atoms with Gasteiger partial charge in [0.15, 0.2) is 0 Å².